The van der Waals surface area contributed by atoms with Gasteiger partial charge in [0.05, 0.1) is 0 Å². The van der Waals surface area contributed by atoms with Crippen LogP contribution in [0.25, 0.3) is 0 Å². The smallest absolute Gasteiger partial charge is 0.166 e. The van der Waals surface area contributed by atoms with E-state index in [0.29, 0.717) is 0 Å². The van der Waals surface area contributed by atoms with Gasteiger partial charge in [0, 0.05) is 23.9 Å². The molecule has 0 aromatic carbocycles. The zero-order valence-electron chi connectivity index (χ0n) is 6.37. The summed E-state index contributed by atoms with van der Waals surface area (Å²) in [5, 5.41) is 0. The molecule has 1 unspecified atom stereocenters. The lowest BCUT2D eigenvalue weighted by atomic mass is 10.1. The number of pyridine rings is 1. The minimum Gasteiger partial charge on any atom is -0.294 e. The summed E-state index contributed by atoms with van der Waals surface area (Å²) in [5.41, 5.74) is 1.97. The largest absolute Gasteiger partial charge is 0.294 e. The van der Waals surface area contributed by atoms with E-state index in [-0.39, 0.29) is 11.7 Å². The predicted molar refractivity (Wildman–Crippen MR) is 41.4 cm³/mol. The normalized spacial score (nSPS) is 21.9. The zero-order valence-corrected chi connectivity index (χ0v) is 6.37. The van der Waals surface area contributed by atoms with E-state index in [0.717, 1.165) is 17.5 Å². The molecule has 1 aromatic rings. The van der Waals surface area contributed by atoms with Gasteiger partial charge in [0.15, 0.2) is 5.78 Å². The average molecular weight is 147 g/mol. The molecule has 0 amide bonds. The lowest BCUT2D eigenvalue weighted by Gasteiger charge is -1.93. The Bertz CT molecular complexity index is 306. The monoisotopic (exact) mass is 147 g/mol. The highest BCUT2D eigenvalue weighted by atomic mass is 16.1. The summed E-state index contributed by atoms with van der Waals surface area (Å²) in [6, 6.07) is 1.81. The van der Waals surface area contributed by atoms with Crippen LogP contribution in [0.2, 0.25) is 0 Å². The lowest BCUT2D eigenvalue weighted by Crippen LogP contribution is -2.02. The SMILES string of the molecule is CC1Cc2cnccc2C1=O. The molecule has 1 aliphatic rings. The maximum Gasteiger partial charge on any atom is 0.166 e. The molecular weight excluding hydrogens is 138 g/mol. The van der Waals surface area contributed by atoms with E-state index in [9.17, 15) is 4.79 Å². The van der Waals surface area contributed by atoms with Gasteiger partial charge in [-0.1, -0.05) is 6.92 Å². The third kappa shape index (κ3) is 0.862. The van der Waals surface area contributed by atoms with Crippen molar-refractivity contribution in [3.63, 3.8) is 0 Å². The lowest BCUT2D eigenvalue weighted by molar-refractivity contribution is 0.0946. The van der Waals surface area contributed by atoms with Crippen LogP contribution in [0.4, 0.5) is 0 Å². The van der Waals surface area contributed by atoms with Gasteiger partial charge in [-0.3, -0.25) is 9.78 Å². The Morgan fingerprint density at radius 3 is 3.18 bits per heavy atom. The molecule has 2 heteroatoms. The summed E-state index contributed by atoms with van der Waals surface area (Å²) >= 11 is 0. The van der Waals surface area contributed by atoms with E-state index in [4.69, 9.17) is 0 Å². The second kappa shape index (κ2) is 2.16. The third-order valence-corrected chi connectivity index (χ3v) is 2.14. The van der Waals surface area contributed by atoms with Crippen LogP contribution in [0, 0.1) is 5.92 Å². The number of hydrogen-bond acceptors (Lipinski definition) is 2. The number of fused-ring (bicyclic) bond motifs is 1. The van der Waals surface area contributed by atoms with Gasteiger partial charge in [-0.15, -0.1) is 0 Å². The van der Waals surface area contributed by atoms with E-state index in [1.165, 1.54) is 0 Å². The van der Waals surface area contributed by atoms with Crippen LogP contribution in [0.1, 0.15) is 22.8 Å². The van der Waals surface area contributed by atoms with Gasteiger partial charge >= 0.3 is 0 Å². The Morgan fingerprint density at radius 2 is 2.45 bits per heavy atom. The van der Waals surface area contributed by atoms with Crippen LogP contribution in [0.5, 0.6) is 0 Å². The summed E-state index contributed by atoms with van der Waals surface area (Å²) in [5.74, 6) is 0.427. The highest BCUT2D eigenvalue weighted by molar-refractivity contribution is 6.01. The van der Waals surface area contributed by atoms with Crippen molar-refractivity contribution in [3.05, 3.63) is 29.6 Å². The molecule has 0 spiro atoms. The van der Waals surface area contributed by atoms with Crippen LogP contribution < -0.4 is 0 Å². The Balaban J connectivity index is 2.55. The number of ketones is 1. The van der Waals surface area contributed by atoms with Crippen molar-refractivity contribution < 1.29 is 4.79 Å². The first-order valence-electron chi connectivity index (χ1n) is 3.76. The number of aromatic nitrogens is 1. The van der Waals surface area contributed by atoms with E-state index < -0.39 is 0 Å². The van der Waals surface area contributed by atoms with Gasteiger partial charge in [-0.25, -0.2) is 0 Å². The van der Waals surface area contributed by atoms with Gasteiger partial charge in [0.25, 0.3) is 0 Å². The predicted octanol–water partition coefficient (Wildman–Crippen LogP) is 1.46. The van der Waals surface area contributed by atoms with Gasteiger partial charge in [0.2, 0.25) is 0 Å². The molecule has 1 aromatic heterocycles. The molecule has 0 fully saturated rings. The molecule has 0 N–H and O–H groups in total. The number of Topliss-reactive ketones (excluding diaryl/α,β-unsaturated/α-hetero) is 1. The molecule has 1 aliphatic carbocycles. The van der Waals surface area contributed by atoms with Crippen molar-refractivity contribution in [2.24, 2.45) is 5.92 Å². The number of carbonyl (C=O) groups excluding carboxylic acids is 1. The third-order valence-electron chi connectivity index (χ3n) is 2.14. The molecule has 0 bridgehead atoms. The number of rotatable bonds is 0. The molecular formula is C9H9NO. The van der Waals surface area contributed by atoms with E-state index in [1.54, 1.807) is 18.5 Å². The Labute approximate surface area is 65.3 Å². The summed E-state index contributed by atoms with van der Waals surface area (Å²) < 4.78 is 0. The molecule has 56 valence electrons. The summed E-state index contributed by atoms with van der Waals surface area (Å²) in [7, 11) is 0. The fourth-order valence-corrected chi connectivity index (χ4v) is 1.52. The van der Waals surface area contributed by atoms with Crippen LogP contribution in [0.3, 0.4) is 0 Å². The standard InChI is InChI=1S/C9H9NO/c1-6-4-7-5-10-3-2-8(7)9(6)11/h2-3,5-6H,4H2,1H3. The van der Waals surface area contributed by atoms with Gasteiger partial charge in [-0.2, -0.15) is 0 Å². The highest BCUT2D eigenvalue weighted by Gasteiger charge is 2.26. The summed E-state index contributed by atoms with van der Waals surface area (Å²) in [4.78, 5) is 15.3. The maximum atomic E-state index is 11.4. The second-order valence-corrected chi connectivity index (χ2v) is 3.00. The molecule has 0 aliphatic heterocycles. The Morgan fingerprint density at radius 1 is 1.64 bits per heavy atom. The molecule has 11 heavy (non-hydrogen) atoms. The molecule has 2 nitrogen and oxygen atoms in total. The minimum atomic E-state index is 0.161. The molecule has 1 atom stereocenters. The molecule has 1 heterocycles. The van der Waals surface area contributed by atoms with Crippen molar-refractivity contribution >= 4 is 5.78 Å². The fraction of sp³-hybridized carbons (Fsp3) is 0.333. The average Bonchev–Trinajstić information content (AvgIpc) is 2.30. The van der Waals surface area contributed by atoms with Gasteiger partial charge < -0.3 is 0 Å². The van der Waals surface area contributed by atoms with Crippen LogP contribution in [-0.2, 0) is 6.42 Å². The maximum absolute atomic E-state index is 11.4. The van der Waals surface area contributed by atoms with Crippen LogP contribution in [0.15, 0.2) is 18.5 Å². The van der Waals surface area contributed by atoms with Crippen molar-refractivity contribution in [3.8, 4) is 0 Å². The van der Waals surface area contributed by atoms with Gasteiger partial charge in [-0.05, 0) is 18.1 Å². The molecule has 0 saturated heterocycles. The van der Waals surface area contributed by atoms with Crippen molar-refractivity contribution in [1.82, 2.24) is 4.98 Å². The topological polar surface area (TPSA) is 30.0 Å². The Hall–Kier alpha value is -1.18. The summed E-state index contributed by atoms with van der Waals surface area (Å²) in [6.07, 6.45) is 4.33. The number of nitrogens with zero attached hydrogens (tertiary/aromatic N) is 1. The number of carbonyl (C=O) groups is 1. The molecule has 0 saturated carbocycles. The summed E-state index contributed by atoms with van der Waals surface area (Å²) in [6.45, 7) is 1.96. The minimum absolute atomic E-state index is 0.161. The van der Waals surface area contributed by atoms with E-state index in [2.05, 4.69) is 4.98 Å². The first-order chi connectivity index (χ1) is 5.29. The van der Waals surface area contributed by atoms with Crippen LogP contribution >= 0.6 is 0 Å². The number of hydrogen-bond donors (Lipinski definition) is 0. The van der Waals surface area contributed by atoms with Crippen molar-refractivity contribution in [2.75, 3.05) is 0 Å². The second-order valence-electron chi connectivity index (χ2n) is 3.00. The van der Waals surface area contributed by atoms with Crippen molar-refractivity contribution in [2.45, 2.75) is 13.3 Å². The van der Waals surface area contributed by atoms with Gasteiger partial charge in [0.1, 0.15) is 0 Å². The van der Waals surface area contributed by atoms with Crippen LogP contribution in [-0.4, -0.2) is 10.8 Å². The zero-order chi connectivity index (χ0) is 7.84. The molecule has 2 rings (SSSR count). The first-order valence-corrected chi connectivity index (χ1v) is 3.76. The Kier molecular flexibility index (Phi) is 1.28. The van der Waals surface area contributed by atoms with E-state index >= 15 is 0 Å². The van der Waals surface area contributed by atoms with E-state index in [1.807, 2.05) is 6.92 Å². The highest BCUT2D eigenvalue weighted by Crippen LogP contribution is 2.24. The fourth-order valence-electron chi connectivity index (χ4n) is 1.52. The first kappa shape index (κ1) is 6.53. The molecule has 0 radical (unpaired) electrons. The van der Waals surface area contributed by atoms with Crippen molar-refractivity contribution in [1.29, 1.82) is 0 Å². The quantitative estimate of drug-likeness (QED) is 0.556.